The Bertz CT molecular complexity index is 1180. The van der Waals surface area contributed by atoms with Crippen LogP contribution in [0.4, 0.5) is 10.5 Å². The van der Waals surface area contributed by atoms with E-state index >= 15 is 0 Å². The second kappa shape index (κ2) is 9.47. The Morgan fingerprint density at radius 2 is 1.86 bits per heavy atom. The van der Waals surface area contributed by atoms with Crippen LogP contribution in [0.3, 0.4) is 0 Å². The van der Waals surface area contributed by atoms with Gasteiger partial charge in [0.15, 0.2) is 0 Å². The highest BCUT2D eigenvalue weighted by molar-refractivity contribution is 8.03. The van der Waals surface area contributed by atoms with E-state index in [2.05, 4.69) is 5.32 Å². The van der Waals surface area contributed by atoms with Crippen molar-refractivity contribution in [2.45, 2.75) is 43.7 Å². The number of likely N-dealkylation sites (tertiary alicyclic amines) is 1. The smallest absolute Gasteiger partial charge is 0.247 e. The van der Waals surface area contributed by atoms with Crippen molar-refractivity contribution in [1.29, 1.82) is 0 Å². The summed E-state index contributed by atoms with van der Waals surface area (Å²) in [4.78, 5) is 62.4. The number of carboxylic acids is 2. The van der Waals surface area contributed by atoms with Gasteiger partial charge in [0.05, 0.1) is 35.7 Å². The van der Waals surface area contributed by atoms with E-state index in [1.54, 1.807) is 6.92 Å². The molecule has 0 saturated carbocycles. The number of carbonyl (C=O) groups is 5. The summed E-state index contributed by atoms with van der Waals surface area (Å²) in [5.74, 6) is -5.43. The molecular weight excluding hydrogens is 494 g/mol. The molecule has 6 atom stereocenters. The quantitative estimate of drug-likeness (QED) is 0.361. The fourth-order valence-electron chi connectivity index (χ4n) is 5.13. The van der Waals surface area contributed by atoms with Gasteiger partial charge in [0.1, 0.15) is 12.1 Å². The monoisotopic (exact) mass is 516 g/mol. The van der Waals surface area contributed by atoms with Gasteiger partial charge in [-0.25, -0.2) is 0 Å². The van der Waals surface area contributed by atoms with Crippen molar-refractivity contribution >= 4 is 47.3 Å². The van der Waals surface area contributed by atoms with Crippen LogP contribution in [0.5, 0.6) is 0 Å². The maximum Gasteiger partial charge on any atom is 0.247 e. The molecule has 0 aliphatic carbocycles. The summed E-state index contributed by atoms with van der Waals surface area (Å²) >= 11 is 1.06. The van der Waals surface area contributed by atoms with Crippen LogP contribution in [-0.4, -0.2) is 74.7 Å². The van der Waals surface area contributed by atoms with E-state index in [1.807, 2.05) is 0 Å². The van der Waals surface area contributed by atoms with Crippen molar-refractivity contribution in [1.82, 2.24) is 9.80 Å². The molecule has 0 aromatic heterocycles. The van der Waals surface area contributed by atoms with Crippen molar-refractivity contribution in [2.24, 2.45) is 11.8 Å². The number of β-lactam (4-membered cyclic amide) rings is 1. The summed E-state index contributed by atoms with van der Waals surface area (Å²) in [6.45, 7) is 3.04. The van der Waals surface area contributed by atoms with Crippen molar-refractivity contribution < 1.29 is 44.4 Å². The molecular formula is C23H22N3O9S-3. The molecule has 4 rings (SSSR count). The lowest BCUT2D eigenvalue weighted by molar-refractivity contribution is -0.301. The highest BCUT2D eigenvalue weighted by atomic mass is 32.2. The largest absolute Gasteiger partial charge is 0.545 e. The highest BCUT2D eigenvalue weighted by Crippen LogP contribution is 2.52. The molecule has 36 heavy (non-hydrogen) atoms. The fraction of sp³-hybridized carbons (Fsp3) is 0.435. The predicted molar refractivity (Wildman–Crippen MR) is 118 cm³/mol. The summed E-state index contributed by atoms with van der Waals surface area (Å²) in [5, 5.41) is 46.6. The molecule has 2 saturated heterocycles. The third kappa shape index (κ3) is 4.28. The highest BCUT2D eigenvalue weighted by Gasteiger charge is 2.59. The Kier molecular flexibility index (Phi) is 6.71. The van der Waals surface area contributed by atoms with Gasteiger partial charge in [0.2, 0.25) is 11.8 Å². The first-order valence-electron chi connectivity index (χ1n) is 11.2. The number of anilines is 1. The number of benzene rings is 1. The molecule has 0 bridgehead atoms. The van der Waals surface area contributed by atoms with E-state index in [0.29, 0.717) is 4.91 Å². The normalized spacial score (nSPS) is 28.0. The SMILES string of the molecule is CC(O)C1C(=O)N2C(C(=O)[O-])=C(SC3C[C@@H](C(=O)Nc4cccc(C(=O)[O-])c4)N(C(=O)[O-])C3)C(C)C12. The number of hydrogen-bond acceptors (Lipinski definition) is 10. The van der Waals surface area contributed by atoms with Gasteiger partial charge in [0, 0.05) is 28.3 Å². The third-order valence-electron chi connectivity index (χ3n) is 6.76. The number of nitrogens with zero attached hydrogens (tertiary/aromatic N) is 2. The minimum absolute atomic E-state index is 0.0135. The number of amides is 3. The van der Waals surface area contributed by atoms with Gasteiger partial charge in [-0.15, -0.1) is 11.8 Å². The van der Waals surface area contributed by atoms with E-state index in [9.17, 15) is 44.4 Å². The van der Waals surface area contributed by atoms with Crippen LogP contribution in [0.15, 0.2) is 34.9 Å². The van der Waals surface area contributed by atoms with Crippen molar-refractivity contribution in [3.8, 4) is 0 Å². The Balaban J connectivity index is 1.53. The molecule has 5 unspecified atom stereocenters. The van der Waals surface area contributed by atoms with E-state index in [0.717, 1.165) is 21.6 Å². The topological polar surface area (TPSA) is 193 Å². The number of aliphatic hydroxyl groups excluding tert-OH is 1. The molecule has 0 radical (unpaired) electrons. The Hall–Kier alpha value is -3.58. The summed E-state index contributed by atoms with van der Waals surface area (Å²) in [7, 11) is 0. The zero-order valence-corrected chi connectivity index (χ0v) is 20.0. The van der Waals surface area contributed by atoms with Crippen LogP contribution >= 0.6 is 11.8 Å². The summed E-state index contributed by atoms with van der Waals surface area (Å²) in [6, 6.07) is 3.56. The average molecular weight is 517 g/mol. The standard InChI is InChI=1S/C23H25N3O9S/c1-9-16-15(10(2)27)20(29)26(16)17(22(32)33)18(9)36-13-7-14(25(8-13)23(34)35)19(28)24-12-5-3-4-11(6-12)21(30)31/h3-6,9-10,13-16,27H,7-8H2,1-2H3,(H,24,28)(H,30,31)(H,32,33)(H,34,35)/p-3/t9?,10?,13?,14-,15?,16?/m0/s1. The van der Waals surface area contributed by atoms with Gasteiger partial charge in [-0.1, -0.05) is 19.1 Å². The summed E-state index contributed by atoms with van der Waals surface area (Å²) in [5.41, 5.74) is -0.336. The number of carbonyl (C=O) groups excluding carboxylic acids is 5. The lowest BCUT2D eigenvalue weighted by Gasteiger charge is -2.47. The lowest BCUT2D eigenvalue weighted by atomic mass is 9.79. The zero-order chi connectivity index (χ0) is 26.5. The maximum absolute atomic E-state index is 12.9. The second-order valence-electron chi connectivity index (χ2n) is 9.02. The van der Waals surface area contributed by atoms with Gasteiger partial charge in [-0.2, -0.15) is 0 Å². The Morgan fingerprint density at radius 3 is 2.44 bits per heavy atom. The molecule has 3 aliphatic heterocycles. The average Bonchev–Trinajstić information content (AvgIpc) is 3.32. The number of rotatable bonds is 7. The van der Waals surface area contributed by atoms with Crippen LogP contribution in [-0.2, 0) is 14.4 Å². The van der Waals surface area contributed by atoms with Crippen LogP contribution in [0, 0.1) is 11.8 Å². The van der Waals surface area contributed by atoms with Gasteiger partial charge in [0.25, 0.3) is 0 Å². The van der Waals surface area contributed by atoms with E-state index in [-0.39, 0.29) is 29.9 Å². The molecule has 12 nitrogen and oxygen atoms in total. The Labute approximate surface area is 209 Å². The van der Waals surface area contributed by atoms with Gasteiger partial charge in [-0.3, -0.25) is 9.59 Å². The minimum atomic E-state index is -1.59. The molecule has 1 aromatic rings. The van der Waals surface area contributed by atoms with E-state index in [1.165, 1.54) is 31.2 Å². The van der Waals surface area contributed by atoms with Crippen LogP contribution < -0.4 is 20.6 Å². The third-order valence-corrected chi connectivity index (χ3v) is 8.26. The molecule has 2 fully saturated rings. The van der Waals surface area contributed by atoms with Crippen LogP contribution in [0.2, 0.25) is 0 Å². The zero-order valence-electron chi connectivity index (χ0n) is 19.2. The summed E-state index contributed by atoms with van der Waals surface area (Å²) < 4.78 is 0. The van der Waals surface area contributed by atoms with E-state index in [4.69, 9.17) is 0 Å². The first kappa shape index (κ1) is 25.5. The predicted octanol–water partition coefficient (Wildman–Crippen LogP) is -2.67. The second-order valence-corrected chi connectivity index (χ2v) is 10.4. The lowest BCUT2D eigenvalue weighted by Crippen LogP contribution is -2.64. The van der Waals surface area contributed by atoms with Gasteiger partial charge >= 0.3 is 0 Å². The number of aromatic carboxylic acids is 1. The molecule has 192 valence electrons. The number of hydrogen-bond donors (Lipinski definition) is 2. The van der Waals surface area contributed by atoms with E-state index < -0.39 is 65.1 Å². The molecule has 1 aromatic carbocycles. The number of nitrogens with one attached hydrogen (secondary N) is 1. The van der Waals surface area contributed by atoms with Crippen molar-refractivity contribution in [2.75, 3.05) is 11.9 Å². The van der Waals surface area contributed by atoms with Crippen LogP contribution in [0.25, 0.3) is 0 Å². The first-order valence-corrected chi connectivity index (χ1v) is 12.0. The molecule has 3 heterocycles. The van der Waals surface area contributed by atoms with Crippen molar-refractivity contribution in [3.63, 3.8) is 0 Å². The number of aliphatic hydroxyl groups is 1. The van der Waals surface area contributed by atoms with Crippen LogP contribution in [0.1, 0.15) is 30.6 Å². The molecule has 3 aliphatic rings. The molecule has 2 N–H and O–H groups in total. The van der Waals surface area contributed by atoms with Crippen molar-refractivity contribution in [3.05, 3.63) is 40.4 Å². The maximum atomic E-state index is 12.9. The first-order chi connectivity index (χ1) is 16.9. The number of aliphatic carboxylic acids is 1. The number of carboxylic acid groups (broad SMARTS) is 3. The minimum Gasteiger partial charge on any atom is -0.545 e. The summed E-state index contributed by atoms with van der Waals surface area (Å²) in [6.07, 6.45) is -2.56. The Morgan fingerprint density at radius 1 is 1.17 bits per heavy atom. The molecule has 3 amide bonds. The molecule has 13 heteroatoms. The van der Waals surface area contributed by atoms with Gasteiger partial charge in [-0.05, 0) is 31.0 Å². The van der Waals surface area contributed by atoms with Gasteiger partial charge < -0.3 is 49.9 Å². The molecule has 0 spiro atoms. The fourth-order valence-corrected chi connectivity index (χ4v) is 6.65. The number of thioether (sulfide) groups is 1. The number of fused-ring (bicyclic) bond motifs is 1.